The SMILES string of the molecule is CSc1ccccc1.Cc1ccccc1.Oc1c(O)c(O)c(-c2c(O)c(O)c(-n3c4c(O)c(O)c(-c5ccccc5)c(O)c4ooc4c(O)c(-c5c(O)c(O)c(O)c(O)c5O)c(O)c(O)c43)c(O)c2O)c(O)c1O. The summed E-state index contributed by atoms with van der Waals surface area (Å²) in [4.78, 5) is 1.33. The van der Waals surface area contributed by atoms with E-state index in [0.29, 0.717) is 0 Å². The highest BCUT2D eigenvalue weighted by atomic mass is 32.2. The first kappa shape index (κ1) is 51.4. The van der Waals surface area contributed by atoms with Crippen molar-refractivity contribution in [1.29, 1.82) is 0 Å². The van der Waals surface area contributed by atoms with Crippen LogP contribution in [0.25, 0.3) is 61.3 Å². The van der Waals surface area contributed by atoms with Gasteiger partial charge in [0.1, 0.15) is 16.7 Å². The number of phenols is 20. The minimum atomic E-state index is -1.77. The monoisotopic (exact) mass is 1040 g/mol. The van der Waals surface area contributed by atoms with Crippen molar-refractivity contribution in [3.63, 3.8) is 0 Å². The number of hydrogen-bond donors (Lipinski definition) is 20. The van der Waals surface area contributed by atoms with Crippen molar-refractivity contribution in [2.75, 3.05) is 6.26 Å². The van der Waals surface area contributed by atoms with Crippen LogP contribution in [0.1, 0.15) is 5.56 Å². The van der Waals surface area contributed by atoms with Crippen LogP contribution < -0.4 is 0 Å². The molecule has 8 aromatic carbocycles. The standard InChI is InChI=1S/C36H25NO22.C7H8S.C7H8/c38-15-7(6-4-2-1-3-5-6)23(46)35-13(27(15)50)37(12-25(48)16(39)8(17(40)26(12)49)9-19(42)29(52)33(56)30(53)20(9)43)14-28(51)18(41)11(24(47)36(14)59-58-35)10-21(44)31(54)34(57)32(55)22(10)45;1-8-7-5-3-2-4-6-7;1-7-5-3-2-4-6-7/h1-5,38-57H;2-6H,1H3;2-6H,1H3. The van der Waals surface area contributed by atoms with Crippen molar-refractivity contribution in [2.24, 2.45) is 0 Å². The lowest BCUT2D eigenvalue weighted by atomic mass is 9.96. The van der Waals surface area contributed by atoms with E-state index in [1.54, 1.807) is 11.8 Å². The highest BCUT2D eigenvalue weighted by Gasteiger charge is 2.38. The molecule has 0 aliphatic heterocycles. The van der Waals surface area contributed by atoms with Crippen molar-refractivity contribution < 1.29 is 111 Å². The Morgan fingerprint density at radius 1 is 0.311 bits per heavy atom. The third-order valence-electron chi connectivity index (χ3n) is 11.2. The second-order valence-corrected chi connectivity index (χ2v) is 16.5. The number of aryl methyl sites for hydroxylation is 1. The van der Waals surface area contributed by atoms with Gasteiger partial charge in [0.15, 0.2) is 80.5 Å². The van der Waals surface area contributed by atoms with Gasteiger partial charge in [-0.1, -0.05) is 84.4 Å². The van der Waals surface area contributed by atoms with Gasteiger partial charge in [0, 0.05) is 4.90 Å². The molecule has 24 heteroatoms. The van der Waals surface area contributed by atoms with E-state index in [-0.39, 0.29) is 10.1 Å². The van der Waals surface area contributed by atoms with Crippen molar-refractivity contribution >= 4 is 34.0 Å². The van der Waals surface area contributed by atoms with E-state index in [0.717, 1.165) is 0 Å². The summed E-state index contributed by atoms with van der Waals surface area (Å²) in [6.45, 7) is 2.08. The summed E-state index contributed by atoms with van der Waals surface area (Å²) in [5.41, 5.74) is -11.5. The molecule has 1 heterocycles. The lowest BCUT2D eigenvalue weighted by Gasteiger charge is -2.21. The topological polar surface area (TPSA) is 436 Å². The molecule has 0 aliphatic carbocycles. The first-order valence-corrected chi connectivity index (χ1v) is 22.0. The van der Waals surface area contributed by atoms with E-state index in [1.165, 1.54) is 40.8 Å². The fourth-order valence-electron chi connectivity index (χ4n) is 7.53. The molecule has 0 aliphatic rings. The number of thioether (sulfide) groups is 1. The number of hydrogen-bond acceptors (Lipinski definition) is 23. The summed E-state index contributed by atoms with van der Waals surface area (Å²) in [6.07, 6.45) is 2.08. The third kappa shape index (κ3) is 8.32. The first-order chi connectivity index (χ1) is 35.0. The molecule has 23 nitrogen and oxygen atoms in total. The Morgan fingerprint density at radius 3 is 0.932 bits per heavy atom. The molecule has 0 amide bonds. The minimum absolute atomic E-state index is 0.0358. The van der Waals surface area contributed by atoms with Crippen LogP contribution in [0.3, 0.4) is 0 Å². The zero-order valence-corrected chi connectivity index (χ0v) is 38.6. The van der Waals surface area contributed by atoms with Crippen molar-refractivity contribution in [2.45, 2.75) is 11.8 Å². The van der Waals surface area contributed by atoms with Gasteiger partial charge in [-0.3, -0.25) is 13.7 Å². The van der Waals surface area contributed by atoms with Gasteiger partial charge >= 0.3 is 0 Å². The summed E-state index contributed by atoms with van der Waals surface area (Å²) in [5.74, 6) is -31.4. The second-order valence-electron chi connectivity index (χ2n) is 15.6. The molecule has 0 bridgehead atoms. The fraction of sp³-hybridized carbons (Fsp3) is 0.0400. The van der Waals surface area contributed by atoms with E-state index in [1.807, 2.05) is 36.4 Å². The maximum atomic E-state index is 11.6. The van der Waals surface area contributed by atoms with Crippen LogP contribution >= 0.6 is 11.8 Å². The Kier molecular flexibility index (Phi) is 13.7. The van der Waals surface area contributed by atoms with Gasteiger partial charge in [-0.2, -0.15) is 0 Å². The van der Waals surface area contributed by atoms with Crippen LogP contribution in [0.4, 0.5) is 0 Å². The normalized spacial score (nSPS) is 10.9. The fourth-order valence-corrected chi connectivity index (χ4v) is 7.96. The van der Waals surface area contributed by atoms with Crippen LogP contribution in [0.2, 0.25) is 0 Å². The molecule has 0 unspecified atom stereocenters. The number of benzene rings is 8. The zero-order chi connectivity index (χ0) is 54.4. The van der Waals surface area contributed by atoms with E-state index < -0.39 is 171 Å². The van der Waals surface area contributed by atoms with Gasteiger partial charge in [-0.25, -0.2) is 0 Å². The van der Waals surface area contributed by atoms with Crippen molar-refractivity contribution in [3.05, 3.63) is 96.6 Å². The molecule has 0 saturated heterocycles. The van der Waals surface area contributed by atoms with Crippen LogP contribution in [0, 0.1) is 6.92 Å². The molecule has 9 aromatic rings. The quantitative estimate of drug-likeness (QED) is 0.0332. The number of nitrogens with zero attached hydrogens (tertiary/aromatic N) is 1. The molecular formula is C50H41NO22S. The third-order valence-corrected chi connectivity index (χ3v) is 11.9. The summed E-state index contributed by atoms with van der Waals surface area (Å²) in [7, 11) is 0. The molecule has 20 N–H and O–H groups in total. The predicted molar refractivity (Wildman–Crippen MR) is 262 cm³/mol. The van der Waals surface area contributed by atoms with Crippen LogP contribution in [-0.4, -0.2) is 113 Å². The van der Waals surface area contributed by atoms with Gasteiger partial charge in [-0.15, -0.1) is 11.8 Å². The lowest BCUT2D eigenvalue weighted by Crippen LogP contribution is -2.02. The van der Waals surface area contributed by atoms with Crippen molar-refractivity contribution in [1.82, 2.24) is 4.57 Å². The molecule has 9 rings (SSSR count). The molecule has 384 valence electrons. The summed E-state index contributed by atoms with van der Waals surface area (Å²) >= 11 is 1.77. The van der Waals surface area contributed by atoms with Crippen LogP contribution in [0.5, 0.6) is 115 Å². The lowest BCUT2D eigenvalue weighted by molar-refractivity contribution is 0.0877. The van der Waals surface area contributed by atoms with Gasteiger partial charge in [0.25, 0.3) is 0 Å². The Balaban J connectivity index is 0.000000456. The number of fused-ring (bicyclic) bond motifs is 2. The van der Waals surface area contributed by atoms with Gasteiger partial charge in [0.2, 0.25) is 45.7 Å². The summed E-state index contributed by atoms with van der Waals surface area (Å²) < 4.78 is 10.5. The van der Waals surface area contributed by atoms with Gasteiger partial charge in [0.05, 0.1) is 27.8 Å². The molecule has 0 atom stereocenters. The zero-order valence-electron chi connectivity index (χ0n) is 37.8. The largest absolute Gasteiger partial charge is 0.504 e. The molecule has 1 aromatic heterocycles. The van der Waals surface area contributed by atoms with E-state index in [4.69, 9.17) is 9.15 Å². The molecular weight excluding hydrogens is 999 g/mol. The van der Waals surface area contributed by atoms with Gasteiger partial charge < -0.3 is 102 Å². The second kappa shape index (κ2) is 19.7. The summed E-state index contributed by atoms with van der Waals surface area (Å²) in [6, 6.07) is 27.6. The van der Waals surface area contributed by atoms with E-state index in [9.17, 15) is 102 Å². The molecule has 74 heavy (non-hydrogen) atoms. The first-order valence-electron chi connectivity index (χ1n) is 20.8. The minimum Gasteiger partial charge on any atom is -0.504 e. The van der Waals surface area contributed by atoms with E-state index in [2.05, 4.69) is 37.4 Å². The van der Waals surface area contributed by atoms with E-state index >= 15 is 0 Å². The molecule has 0 fully saturated rings. The number of aromatic hydroxyl groups is 20. The maximum absolute atomic E-state index is 11.6. The van der Waals surface area contributed by atoms with Crippen LogP contribution in [0.15, 0.2) is 105 Å². The Morgan fingerprint density at radius 2 is 0.595 bits per heavy atom. The highest BCUT2D eigenvalue weighted by Crippen LogP contribution is 2.65. The smallest absolute Gasteiger partial charge is 0.248 e. The molecule has 0 saturated carbocycles. The average Bonchev–Trinajstić information content (AvgIpc) is 3.58. The highest BCUT2D eigenvalue weighted by molar-refractivity contribution is 7.98. The summed E-state index contributed by atoms with van der Waals surface area (Å²) in [5, 5.41) is 217. The van der Waals surface area contributed by atoms with Crippen molar-refractivity contribution in [3.8, 4) is 154 Å². The molecule has 0 radical (unpaired) electrons. The number of rotatable bonds is 5. The Labute approximate surface area is 417 Å². The number of aromatic nitrogens is 1. The maximum Gasteiger partial charge on any atom is 0.248 e. The Bertz CT molecular complexity index is 3630. The average molecular weight is 1040 g/mol. The molecule has 0 spiro atoms. The predicted octanol–water partition coefficient (Wildman–Crippen LogP) is 8.61. The van der Waals surface area contributed by atoms with Gasteiger partial charge in [-0.05, 0) is 30.9 Å². The Hall–Kier alpha value is -10.5. The number of phenolic OH excluding ortho intramolecular Hbond substituents is 20. The van der Waals surface area contributed by atoms with Crippen LogP contribution in [-0.2, 0) is 0 Å².